The fourth-order valence-electron chi connectivity index (χ4n) is 9.93. The number of nitrogens with one attached hydrogen (secondary N) is 1. The zero-order valence-electron chi connectivity index (χ0n) is 48.7. The van der Waals surface area contributed by atoms with E-state index in [9.17, 15) is 40.5 Å². The molecule has 0 aromatic carbocycles. The van der Waals surface area contributed by atoms with Crippen LogP contribution in [-0.2, 0) is 14.3 Å². The second kappa shape index (κ2) is 53.5. The first-order valence-electron chi connectivity index (χ1n) is 31.7. The van der Waals surface area contributed by atoms with E-state index in [1.807, 2.05) is 0 Å². The summed E-state index contributed by atoms with van der Waals surface area (Å²) >= 11 is 0. The summed E-state index contributed by atoms with van der Waals surface area (Å²) in [5.41, 5.74) is 0. The third kappa shape index (κ3) is 40.9. The van der Waals surface area contributed by atoms with Gasteiger partial charge in [-0.2, -0.15) is 0 Å². The summed E-state index contributed by atoms with van der Waals surface area (Å²) < 4.78 is 11.1. The monoisotopic (exact) mass is 1070 g/mol. The third-order valence-corrected chi connectivity index (χ3v) is 15.0. The molecule has 8 N–H and O–H groups in total. The summed E-state index contributed by atoms with van der Waals surface area (Å²) in [6.07, 6.45) is 58.6. The van der Waals surface area contributed by atoms with E-state index in [4.69, 9.17) is 9.47 Å². The van der Waals surface area contributed by atoms with Crippen molar-refractivity contribution in [2.45, 2.75) is 332 Å². The number of rotatable bonds is 54. The van der Waals surface area contributed by atoms with Crippen LogP contribution in [0, 0.1) is 0 Å². The molecule has 9 atom stereocenters. The van der Waals surface area contributed by atoms with Crippen LogP contribution in [0.15, 0.2) is 60.8 Å². The lowest BCUT2D eigenvalue weighted by molar-refractivity contribution is -0.303. The zero-order chi connectivity index (χ0) is 55.4. The maximum Gasteiger partial charge on any atom is 0.249 e. The molecule has 1 aliphatic heterocycles. The molecule has 0 aromatic heterocycles. The standard InChI is InChI=1S/C65H119NO10/c1-3-5-7-9-11-13-15-17-19-21-23-25-26-27-28-29-30-31-32-33-35-36-38-40-42-44-46-48-50-52-57(68)60(70)56(55-75-65-63(73)62(72)61(71)59(54-67)76-65)66-64(74)58(69)53-51-49-47-45-43-41-39-37-34-24-22-20-18-16-14-12-10-8-6-4-2/h6,8,12,14,31-32,36,38,44,46,56-63,65,67-73H,3-5,7,9-11,13,15-30,33-35,37,39-43,45,47-55H2,1-2H3,(H,66,74)/b8-6-,14-12-,32-31+,38-36+,46-44+. The van der Waals surface area contributed by atoms with E-state index < -0.39 is 74.2 Å². The molecule has 0 radical (unpaired) electrons. The average Bonchev–Trinajstić information content (AvgIpc) is 3.42. The van der Waals surface area contributed by atoms with Crippen molar-refractivity contribution in [3.8, 4) is 0 Å². The van der Waals surface area contributed by atoms with Crippen LogP contribution in [0.2, 0.25) is 0 Å². The number of allylic oxidation sites excluding steroid dienone is 10. The minimum Gasteiger partial charge on any atom is -0.394 e. The normalized spacial score (nSPS) is 20.0. The van der Waals surface area contributed by atoms with E-state index >= 15 is 0 Å². The van der Waals surface area contributed by atoms with Crippen LogP contribution < -0.4 is 5.32 Å². The second-order valence-electron chi connectivity index (χ2n) is 22.1. The molecule has 1 fully saturated rings. The van der Waals surface area contributed by atoms with E-state index in [0.717, 1.165) is 57.8 Å². The van der Waals surface area contributed by atoms with E-state index in [0.29, 0.717) is 19.3 Å². The van der Waals surface area contributed by atoms with Gasteiger partial charge in [0.1, 0.15) is 36.6 Å². The van der Waals surface area contributed by atoms with Gasteiger partial charge >= 0.3 is 0 Å². The van der Waals surface area contributed by atoms with Crippen LogP contribution in [0.3, 0.4) is 0 Å². The average molecular weight is 1070 g/mol. The number of ether oxygens (including phenoxy) is 2. The van der Waals surface area contributed by atoms with Crippen molar-refractivity contribution in [1.29, 1.82) is 0 Å². The Balaban J connectivity index is 2.29. The van der Waals surface area contributed by atoms with Gasteiger partial charge in [-0.25, -0.2) is 0 Å². The Morgan fingerprint density at radius 3 is 1.32 bits per heavy atom. The summed E-state index contributed by atoms with van der Waals surface area (Å²) in [6.45, 7) is 3.36. The summed E-state index contributed by atoms with van der Waals surface area (Å²) in [4.78, 5) is 13.2. The van der Waals surface area contributed by atoms with Crippen LogP contribution >= 0.6 is 0 Å². The minimum absolute atomic E-state index is 0.240. The quantitative estimate of drug-likeness (QED) is 0.0215. The van der Waals surface area contributed by atoms with E-state index in [1.165, 1.54) is 173 Å². The zero-order valence-corrected chi connectivity index (χ0v) is 48.7. The van der Waals surface area contributed by atoms with Gasteiger partial charge in [0.15, 0.2) is 6.29 Å². The van der Waals surface area contributed by atoms with Crippen molar-refractivity contribution in [2.24, 2.45) is 0 Å². The number of carbonyl (C=O) groups is 1. The van der Waals surface area contributed by atoms with Crippen LogP contribution in [0.1, 0.15) is 277 Å². The number of hydrogen-bond acceptors (Lipinski definition) is 10. The highest BCUT2D eigenvalue weighted by molar-refractivity contribution is 5.80. The van der Waals surface area contributed by atoms with Gasteiger partial charge in [0.2, 0.25) is 5.91 Å². The summed E-state index contributed by atoms with van der Waals surface area (Å²) in [5, 5.41) is 76.3. The first-order chi connectivity index (χ1) is 37.2. The fraction of sp³-hybridized carbons (Fsp3) is 0.831. The molecule has 1 saturated heterocycles. The molecule has 9 unspecified atom stereocenters. The Kier molecular flexibility index (Phi) is 50.5. The first kappa shape index (κ1) is 71.8. The van der Waals surface area contributed by atoms with Gasteiger partial charge in [0.05, 0.1) is 25.4 Å². The lowest BCUT2D eigenvalue weighted by Crippen LogP contribution is -2.60. The predicted octanol–water partition coefficient (Wildman–Crippen LogP) is 14.2. The maximum absolute atomic E-state index is 13.2. The molecule has 0 saturated carbocycles. The Morgan fingerprint density at radius 1 is 0.474 bits per heavy atom. The number of carbonyl (C=O) groups excluding carboxylic acids is 1. The number of hydrogen-bond donors (Lipinski definition) is 8. The maximum atomic E-state index is 13.2. The van der Waals surface area contributed by atoms with Gasteiger partial charge in [0, 0.05) is 0 Å². The van der Waals surface area contributed by atoms with Crippen LogP contribution in [0.25, 0.3) is 0 Å². The van der Waals surface area contributed by atoms with Gasteiger partial charge in [-0.1, -0.05) is 248 Å². The molecule has 444 valence electrons. The summed E-state index contributed by atoms with van der Waals surface area (Å²) in [7, 11) is 0. The number of amides is 1. The van der Waals surface area contributed by atoms with Crippen molar-refractivity contribution in [3.63, 3.8) is 0 Å². The highest BCUT2D eigenvalue weighted by Crippen LogP contribution is 2.23. The van der Waals surface area contributed by atoms with E-state index in [1.54, 1.807) is 0 Å². The highest BCUT2D eigenvalue weighted by Gasteiger charge is 2.44. The Labute approximate surface area is 465 Å². The Morgan fingerprint density at radius 2 is 0.868 bits per heavy atom. The van der Waals surface area contributed by atoms with Crippen molar-refractivity contribution < 1.29 is 50.0 Å². The molecule has 0 aliphatic carbocycles. The largest absolute Gasteiger partial charge is 0.394 e. The molecule has 11 heteroatoms. The Bertz CT molecular complexity index is 1420. The van der Waals surface area contributed by atoms with Crippen molar-refractivity contribution in [1.82, 2.24) is 5.32 Å². The molecule has 1 heterocycles. The first-order valence-corrected chi connectivity index (χ1v) is 31.7. The SMILES string of the molecule is CC/C=C\C/C=C\CCCCCCCCCCCCCCCC(O)C(=O)NC(COC1OC(CO)C(O)C(O)C1O)C(O)C(O)CCC/C=C/CC/C=C/CC/C=C/CCCCCCCCCCCCCCCCCC. The van der Waals surface area contributed by atoms with Crippen molar-refractivity contribution >= 4 is 5.91 Å². The highest BCUT2D eigenvalue weighted by atomic mass is 16.7. The molecule has 0 bridgehead atoms. The fourth-order valence-corrected chi connectivity index (χ4v) is 9.93. The molecular formula is C65H119NO10. The second-order valence-corrected chi connectivity index (χ2v) is 22.1. The van der Waals surface area contributed by atoms with Gasteiger partial charge in [-0.05, 0) is 89.9 Å². The van der Waals surface area contributed by atoms with Gasteiger partial charge in [-0.3, -0.25) is 4.79 Å². The lowest BCUT2D eigenvalue weighted by atomic mass is 9.98. The molecule has 0 spiro atoms. The summed E-state index contributed by atoms with van der Waals surface area (Å²) in [6, 6.07) is -1.20. The van der Waals surface area contributed by atoms with Crippen LogP contribution in [0.4, 0.5) is 0 Å². The number of aliphatic hydroxyl groups is 7. The van der Waals surface area contributed by atoms with Crippen LogP contribution in [-0.4, -0.2) is 110 Å². The molecule has 1 amide bonds. The molecule has 76 heavy (non-hydrogen) atoms. The van der Waals surface area contributed by atoms with E-state index in [-0.39, 0.29) is 12.8 Å². The number of unbranched alkanes of at least 4 members (excludes halogenated alkanes) is 32. The predicted molar refractivity (Wildman–Crippen MR) is 316 cm³/mol. The Hall–Kier alpha value is -2.19. The number of aliphatic hydroxyl groups excluding tert-OH is 7. The van der Waals surface area contributed by atoms with Gasteiger partial charge in [-0.15, -0.1) is 0 Å². The van der Waals surface area contributed by atoms with E-state index in [2.05, 4.69) is 79.9 Å². The third-order valence-electron chi connectivity index (χ3n) is 15.0. The van der Waals surface area contributed by atoms with Crippen molar-refractivity contribution in [2.75, 3.05) is 13.2 Å². The molecule has 1 aliphatic rings. The molecule has 0 aromatic rings. The lowest BCUT2D eigenvalue weighted by Gasteiger charge is -2.40. The van der Waals surface area contributed by atoms with Crippen LogP contribution in [0.5, 0.6) is 0 Å². The van der Waals surface area contributed by atoms with Crippen molar-refractivity contribution in [3.05, 3.63) is 60.8 Å². The smallest absolute Gasteiger partial charge is 0.249 e. The molecular weight excluding hydrogens is 955 g/mol. The topological polar surface area (TPSA) is 189 Å². The molecule has 1 rings (SSSR count). The van der Waals surface area contributed by atoms with Gasteiger partial charge < -0.3 is 50.5 Å². The van der Waals surface area contributed by atoms with Gasteiger partial charge in [0.25, 0.3) is 0 Å². The summed E-state index contributed by atoms with van der Waals surface area (Å²) in [5.74, 6) is -0.713. The minimum atomic E-state index is -1.68. The molecule has 11 nitrogen and oxygen atoms in total.